The van der Waals surface area contributed by atoms with Crippen molar-refractivity contribution in [2.45, 2.75) is 6.42 Å². The van der Waals surface area contributed by atoms with Crippen molar-refractivity contribution in [2.75, 3.05) is 23.8 Å². The summed E-state index contributed by atoms with van der Waals surface area (Å²) in [6, 6.07) is 14.4. The Hall–Kier alpha value is -2.99. The SMILES string of the molecule is CN(CCc1ccncc1)c1ccc(C(=O)Nc2ccccc2Cl)nn1. The van der Waals surface area contributed by atoms with Crippen molar-refractivity contribution >= 4 is 29.0 Å². The highest BCUT2D eigenvalue weighted by molar-refractivity contribution is 6.33. The number of hydrogen-bond donors (Lipinski definition) is 1. The fourth-order valence-electron chi connectivity index (χ4n) is 2.36. The van der Waals surface area contributed by atoms with Gasteiger partial charge in [-0.15, -0.1) is 10.2 Å². The highest BCUT2D eigenvalue weighted by Gasteiger charge is 2.11. The predicted molar refractivity (Wildman–Crippen MR) is 103 cm³/mol. The molecule has 0 aliphatic rings. The first kappa shape index (κ1) is 17.8. The molecule has 0 fully saturated rings. The van der Waals surface area contributed by atoms with E-state index in [1.165, 1.54) is 5.56 Å². The number of carbonyl (C=O) groups excluding carboxylic acids is 1. The fourth-order valence-corrected chi connectivity index (χ4v) is 2.54. The maximum absolute atomic E-state index is 12.3. The summed E-state index contributed by atoms with van der Waals surface area (Å²) in [5.41, 5.74) is 1.98. The predicted octanol–water partition coefficient (Wildman–Crippen LogP) is 3.46. The number of rotatable bonds is 6. The number of pyridine rings is 1. The van der Waals surface area contributed by atoms with E-state index in [0.29, 0.717) is 16.5 Å². The summed E-state index contributed by atoms with van der Waals surface area (Å²) in [7, 11) is 1.94. The van der Waals surface area contributed by atoms with Gasteiger partial charge in [-0.1, -0.05) is 23.7 Å². The average Bonchev–Trinajstić information content (AvgIpc) is 2.69. The Labute approximate surface area is 156 Å². The number of amides is 1. The van der Waals surface area contributed by atoms with Crippen LogP contribution in [-0.4, -0.2) is 34.7 Å². The van der Waals surface area contributed by atoms with Gasteiger partial charge in [-0.25, -0.2) is 0 Å². The van der Waals surface area contributed by atoms with E-state index in [1.807, 2.05) is 24.1 Å². The van der Waals surface area contributed by atoms with E-state index < -0.39 is 0 Å². The first-order valence-corrected chi connectivity index (χ1v) is 8.51. The molecular formula is C19H18ClN5O. The molecule has 1 N–H and O–H groups in total. The standard InChI is InChI=1S/C19H18ClN5O/c1-25(13-10-14-8-11-21-12-9-14)18-7-6-17(23-24-18)19(26)22-16-5-3-2-4-15(16)20/h2-9,11-12H,10,13H2,1H3,(H,22,26). The molecule has 132 valence electrons. The second-order valence-electron chi connectivity index (χ2n) is 5.74. The molecule has 0 aliphatic heterocycles. The molecule has 0 bridgehead atoms. The zero-order chi connectivity index (χ0) is 18.4. The van der Waals surface area contributed by atoms with Crippen LogP contribution in [0.15, 0.2) is 60.9 Å². The molecule has 1 aromatic carbocycles. The monoisotopic (exact) mass is 367 g/mol. The molecule has 0 spiro atoms. The smallest absolute Gasteiger partial charge is 0.276 e. The molecule has 0 radical (unpaired) electrons. The minimum atomic E-state index is -0.350. The summed E-state index contributed by atoms with van der Waals surface area (Å²) < 4.78 is 0. The fraction of sp³-hybridized carbons (Fsp3) is 0.158. The van der Waals surface area contributed by atoms with Crippen LogP contribution in [0.5, 0.6) is 0 Å². The summed E-state index contributed by atoms with van der Waals surface area (Å²) in [5.74, 6) is 0.352. The van der Waals surface area contributed by atoms with Crippen molar-refractivity contribution in [1.29, 1.82) is 0 Å². The molecule has 0 saturated heterocycles. The molecule has 0 atom stereocenters. The van der Waals surface area contributed by atoms with Crippen LogP contribution >= 0.6 is 11.6 Å². The molecule has 0 saturated carbocycles. The number of carbonyl (C=O) groups is 1. The van der Waals surface area contributed by atoms with Crippen molar-refractivity contribution in [2.24, 2.45) is 0 Å². The third kappa shape index (κ3) is 4.55. The molecule has 7 heteroatoms. The van der Waals surface area contributed by atoms with Crippen LogP contribution in [0.25, 0.3) is 0 Å². The molecule has 0 unspecified atom stereocenters. The van der Waals surface area contributed by atoms with Gasteiger partial charge in [0.15, 0.2) is 11.5 Å². The molecule has 2 aromatic heterocycles. The minimum absolute atomic E-state index is 0.233. The van der Waals surface area contributed by atoms with E-state index in [1.54, 1.807) is 48.8 Å². The van der Waals surface area contributed by atoms with Gasteiger partial charge in [-0.05, 0) is 48.4 Å². The van der Waals surface area contributed by atoms with Crippen molar-refractivity contribution in [1.82, 2.24) is 15.2 Å². The number of anilines is 2. The average molecular weight is 368 g/mol. The lowest BCUT2D eigenvalue weighted by Crippen LogP contribution is -2.22. The Morgan fingerprint density at radius 3 is 2.54 bits per heavy atom. The molecule has 0 aliphatic carbocycles. The summed E-state index contributed by atoms with van der Waals surface area (Å²) in [4.78, 5) is 18.3. The van der Waals surface area contributed by atoms with E-state index in [-0.39, 0.29) is 11.6 Å². The van der Waals surface area contributed by atoms with Crippen LogP contribution in [0, 0.1) is 0 Å². The summed E-state index contributed by atoms with van der Waals surface area (Å²) in [5, 5.41) is 11.4. The lowest BCUT2D eigenvalue weighted by atomic mass is 10.2. The Bertz CT molecular complexity index is 871. The Morgan fingerprint density at radius 2 is 1.85 bits per heavy atom. The topological polar surface area (TPSA) is 71.0 Å². The Morgan fingerprint density at radius 1 is 1.08 bits per heavy atom. The maximum Gasteiger partial charge on any atom is 0.276 e. The van der Waals surface area contributed by atoms with E-state index in [0.717, 1.165) is 13.0 Å². The Kier molecular flexibility index (Phi) is 5.76. The molecule has 2 heterocycles. The highest BCUT2D eigenvalue weighted by atomic mass is 35.5. The first-order chi connectivity index (χ1) is 12.6. The van der Waals surface area contributed by atoms with Crippen LogP contribution in [0.1, 0.15) is 16.1 Å². The van der Waals surface area contributed by atoms with E-state index >= 15 is 0 Å². The van der Waals surface area contributed by atoms with Gasteiger partial charge < -0.3 is 10.2 Å². The zero-order valence-electron chi connectivity index (χ0n) is 14.3. The second kappa shape index (κ2) is 8.40. The molecule has 6 nitrogen and oxygen atoms in total. The number of nitrogens with one attached hydrogen (secondary N) is 1. The van der Waals surface area contributed by atoms with Crippen LogP contribution in [0.2, 0.25) is 5.02 Å². The summed E-state index contributed by atoms with van der Waals surface area (Å²) in [6.07, 6.45) is 4.43. The van der Waals surface area contributed by atoms with E-state index in [9.17, 15) is 4.79 Å². The van der Waals surface area contributed by atoms with Crippen LogP contribution in [0.3, 0.4) is 0 Å². The Balaban J connectivity index is 1.60. The van der Waals surface area contributed by atoms with Gasteiger partial charge in [-0.2, -0.15) is 0 Å². The van der Waals surface area contributed by atoms with Gasteiger partial charge in [-0.3, -0.25) is 9.78 Å². The van der Waals surface area contributed by atoms with Crippen LogP contribution in [0.4, 0.5) is 11.5 Å². The third-order valence-electron chi connectivity index (χ3n) is 3.88. The maximum atomic E-state index is 12.3. The number of benzene rings is 1. The number of halogens is 1. The second-order valence-corrected chi connectivity index (χ2v) is 6.14. The van der Waals surface area contributed by atoms with Gasteiger partial charge >= 0.3 is 0 Å². The van der Waals surface area contributed by atoms with Crippen molar-refractivity contribution in [3.05, 3.63) is 77.2 Å². The molecular weight excluding hydrogens is 350 g/mol. The summed E-state index contributed by atoms with van der Waals surface area (Å²) >= 11 is 6.05. The highest BCUT2D eigenvalue weighted by Crippen LogP contribution is 2.21. The van der Waals surface area contributed by atoms with Crippen LogP contribution in [-0.2, 0) is 6.42 Å². The van der Waals surface area contributed by atoms with Gasteiger partial charge in [0, 0.05) is 26.0 Å². The molecule has 26 heavy (non-hydrogen) atoms. The van der Waals surface area contributed by atoms with Crippen molar-refractivity contribution < 1.29 is 4.79 Å². The van der Waals surface area contributed by atoms with Gasteiger partial charge in [0.25, 0.3) is 5.91 Å². The lowest BCUT2D eigenvalue weighted by molar-refractivity contribution is 0.102. The number of para-hydroxylation sites is 1. The van der Waals surface area contributed by atoms with E-state index in [2.05, 4.69) is 20.5 Å². The number of aromatic nitrogens is 3. The number of hydrogen-bond acceptors (Lipinski definition) is 5. The largest absolute Gasteiger partial charge is 0.358 e. The van der Waals surface area contributed by atoms with Gasteiger partial charge in [0.1, 0.15) is 0 Å². The number of likely N-dealkylation sites (N-methyl/N-ethyl adjacent to an activating group) is 1. The molecule has 3 rings (SSSR count). The van der Waals surface area contributed by atoms with Crippen molar-refractivity contribution in [3.8, 4) is 0 Å². The molecule has 1 amide bonds. The quantitative estimate of drug-likeness (QED) is 0.722. The number of nitrogens with zero attached hydrogens (tertiary/aromatic N) is 4. The van der Waals surface area contributed by atoms with E-state index in [4.69, 9.17) is 11.6 Å². The van der Waals surface area contributed by atoms with Gasteiger partial charge in [0.2, 0.25) is 0 Å². The molecule has 3 aromatic rings. The summed E-state index contributed by atoms with van der Waals surface area (Å²) in [6.45, 7) is 0.782. The van der Waals surface area contributed by atoms with Gasteiger partial charge in [0.05, 0.1) is 10.7 Å². The zero-order valence-corrected chi connectivity index (χ0v) is 15.0. The normalized spacial score (nSPS) is 10.4. The third-order valence-corrected chi connectivity index (χ3v) is 4.21. The first-order valence-electron chi connectivity index (χ1n) is 8.13. The van der Waals surface area contributed by atoms with Crippen LogP contribution < -0.4 is 10.2 Å². The minimum Gasteiger partial charge on any atom is -0.358 e. The lowest BCUT2D eigenvalue weighted by Gasteiger charge is -2.17. The van der Waals surface area contributed by atoms with Crippen molar-refractivity contribution in [3.63, 3.8) is 0 Å².